The molecule has 3 rings (SSSR count). The average molecular weight is 290 g/mol. The van der Waals surface area contributed by atoms with Crippen molar-refractivity contribution in [3.05, 3.63) is 23.2 Å². The molecule has 1 heterocycles. The summed E-state index contributed by atoms with van der Waals surface area (Å²) in [6, 6.07) is 2.84. The van der Waals surface area contributed by atoms with Gasteiger partial charge in [0.25, 0.3) is 0 Å². The molecule has 0 spiro atoms. The lowest BCUT2D eigenvalue weighted by atomic mass is 9.74. The van der Waals surface area contributed by atoms with E-state index < -0.39 is 0 Å². The van der Waals surface area contributed by atoms with Crippen LogP contribution in [0.3, 0.4) is 0 Å². The van der Waals surface area contributed by atoms with Crippen LogP contribution in [0.4, 0.5) is 0 Å². The van der Waals surface area contributed by atoms with E-state index in [1.165, 1.54) is 18.4 Å². The molecule has 1 saturated carbocycles. The van der Waals surface area contributed by atoms with Crippen molar-refractivity contribution >= 4 is 5.91 Å². The standard InChI is InChI=1S/C17H26N2O2/c1-11-8-13-14(9-17(2,3)10-15(13)21-11)19-16(20)6-7-18-12-4-5-12/h8,12,14,18H,4-7,9-10H2,1-3H3,(H,19,20). The van der Waals surface area contributed by atoms with E-state index in [9.17, 15) is 4.79 Å². The lowest BCUT2D eigenvalue weighted by Crippen LogP contribution is -2.37. The number of furan rings is 1. The van der Waals surface area contributed by atoms with Crippen LogP contribution in [-0.4, -0.2) is 18.5 Å². The Hall–Kier alpha value is -1.29. The summed E-state index contributed by atoms with van der Waals surface area (Å²) in [7, 11) is 0. The smallest absolute Gasteiger partial charge is 0.221 e. The third-order valence-corrected chi connectivity index (χ3v) is 4.43. The summed E-state index contributed by atoms with van der Waals surface area (Å²) >= 11 is 0. The Balaban J connectivity index is 1.61. The summed E-state index contributed by atoms with van der Waals surface area (Å²) in [4.78, 5) is 12.2. The fraction of sp³-hybridized carbons (Fsp3) is 0.706. The Bertz CT molecular complexity index is 529. The monoisotopic (exact) mass is 290 g/mol. The Labute approximate surface area is 126 Å². The largest absolute Gasteiger partial charge is 0.466 e. The summed E-state index contributed by atoms with van der Waals surface area (Å²) in [5.74, 6) is 2.12. The highest BCUT2D eigenvalue weighted by molar-refractivity contribution is 5.76. The van der Waals surface area contributed by atoms with Crippen LogP contribution in [0.2, 0.25) is 0 Å². The highest BCUT2D eigenvalue weighted by atomic mass is 16.3. The van der Waals surface area contributed by atoms with Crippen molar-refractivity contribution in [3.8, 4) is 0 Å². The van der Waals surface area contributed by atoms with E-state index >= 15 is 0 Å². The zero-order valence-corrected chi connectivity index (χ0v) is 13.3. The molecule has 0 saturated heterocycles. The number of hydrogen-bond acceptors (Lipinski definition) is 3. The van der Waals surface area contributed by atoms with Crippen LogP contribution in [0, 0.1) is 12.3 Å². The van der Waals surface area contributed by atoms with E-state index in [-0.39, 0.29) is 17.4 Å². The van der Waals surface area contributed by atoms with E-state index in [2.05, 4.69) is 30.5 Å². The van der Waals surface area contributed by atoms with Crippen LogP contribution >= 0.6 is 0 Å². The molecule has 1 amide bonds. The van der Waals surface area contributed by atoms with Gasteiger partial charge in [0.05, 0.1) is 6.04 Å². The molecule has 1 aromatic rings. The second-order valence-corrected chi connectivity index (χ2v) is 7.38. The minimum atomic E-state index is 0.0922. The molecule has 4 nitrogen and oxygen atoms in total. The molecule has 0 radical (unpaired) electrons. The molecule has 0 aliphatic heterocycles. The zero-order valence-electron chi connectivity index (χ0n) is 13.3. The van der Waals surface area contributed by atoms with Crippen LogP contribution in [-0.2, 0) is 11.2 Å². The second kappa shape index (κ2) is 5.48. The lowest BCUT2D eigenvalue weighted by molar-refractivity contribution is -0.122. The van der Waals surface area contributed by atoms with E-state index in [0.717, 1.165) is 30.9 Å². The molecule has 2 aliphatic carbocycles. The summed E-state index contributed by atoms with van der Waals surface area (Å²) in [6.07, 6.45) is 5.00. The highest BCUT2D eigenvalue weighted by Crippen LogP contribution is 2.41. The molecule has 0 aromatic carbocycles. The molecule has 21 heavy (non-hydrogen) atoms. The molecule has 1 atom stereocenters. The van der Waals surface area contributed by atoms with E-state index in [1.807, 2.05) is 6.92 Å². The van der Waals surface area contributed by atoms with Crippen molar-refractivity contribution in [2.24, 2.45) is 5.41 Å². The van der Waals surface area contributed by atoms with Gasteiger partial charge in [-0.2, -0.15) is 0 Å². The van der Waals surface area contributed by atoms with Crippen LogP contribution in [0.15, 0.2) is 10.5 Å². The van der Waals surface area contributed by atoms with Crippen molar-refractivity contribution in [2.45, 2.75) is 65.0 Å². The van der Waals surface area contributed by atoms with Gasteiger partial charge in [0.1, 0.15) is 11.5 Å². The van der Waals surface area contributed by atoms with Crippen molar-refractivity contribution in [1.82, 2.24) is 10.6 Å². The molecular weight excluding hydrogens is 264 g/mol. The molecule has 2 N–H and O–H groups in total. The number of hydrogen-bond donors (Lipinski definition) is 2. The highest BCUT2D eigenvalue weighted by Gasteiger charge is 2.35. The molecule has 1 aromatic heterocycles. The summed E-state index contributed by atoms with van der Waals surface area (Å²) in [6.45, 7) is 7.23. The normalized spacial score (nSPS) is 23.7. The van der Waals surface area contributed by atoms with Gasteiger partial charge >= 0.3 is 0 Å². The van der Waals surface area contributed by atoms with Crippen LogP contribution in [0.25, 0.3) is 0 Å². The van der Waals surface area contributed by atoms with E-state index in [1.54, 1.807) is 0 Å². The number of carbonyl (C=O) groups is 1. The SMILES string of the molecule is Cc1cc2c(o1)CC(C)(C)CC2NC(=O)CCNC1CC1. The zero-order chi connectivity index (χ0) is 15.0. The van der Waals surface area contributed by atoms with Crippen molar-refractivity contribution in [1.29, 1.82) is 0 Å². The summed E-state index contributed by atoms with van der Waals surface area (Å²) in [5.41, 5.74) is 1.34. The summed E-state index contributed by atoms with van der Waals surface area (Å²) < 4.78 is 5.81. The van der Waals surface area contributed by atoms with Gasteiger partial charge in [0.2, 0.25) is 5.91 Å². The number of rotatable bonds is 5. The molecule has 116 valence electrons. The van der Waals surface area contributed by atoms with Crippen molar-refractivity contribution in [3.63, 3.8) is 0 Å². The first-order valence-electron chi connectivity index (χ1n) is 8.05. The molecule has 1 fully saturated rings. The molecule has 4 heteroatoms. The number of aryl methyl sites for hydroxylation is 1. The molecular formula is C17H26N2O2. The van der Waals surface area contributed by atoms with Gasteiger partial charge in [-0.1, -0.05) is 13.8 Å². The molecule has 2 aliphatic rings. The maximum atomic E-state index is 12.2. The number of carbonyl (C=O) groups excluding carboxylic acids is 1. The minimum Gasteiger partial charge on any atom is -0.466 e. The van der Waals surface area contributed by atoms with Gasteiger partial charge in [-0.25, -0.2) is 0 Å². The van der Waals surface area contributed by atoms with Crippen LogP contribution < -0.4 is 10.6 Å². The number of fused-ring (bicyclic) bond motifs is 1. The van der Waals surface area contributed by atoms with Crippen LogP contribution in [0.1, 0.15) is 62.7 Å². The maximum absolute atomic E-state index is 12.2. The predicted octanol–water partition coefficient (Wildman–Crippen LogP) is 2.86. The summed E-state index contributed by atoms with van der Waals surface area (Å²) in [5, 5.41) is 6.58. The number of nitrogens with one attached hydrogen (secondary N) is 2. The maximum Gasteiger partial charge on any atom is 0.221 e. The Kier molecular flexibility index (Phi) is 3.82. The average Bonchev–Trinajstić information content (AvgIpc) is 3.10. The van der Waals surface area contributed by atoms with Gasteiger partial charge < -0.3 is 15.1 Å². The minimum absolute atomic E-state index is 0.0922. The van der Waals surface area contributed by atoms with Gasteiger partial charge in [0.15, 0.2) is 0 Å². The molecule has 1 unspecified atom stereocenters. The molecule has 0 bridgehead atoms. The van der Waals surface area contributed by atoms with E-state index in [0.29, 0.717) is 12.5 Å². The van der Waals surface area contributed by atoms with Crippen molar-refractivity contribution < 1.29 is 9.21 Å². The van der Waals surface area contributed by atoms with Gasteiger partial charge in [-0.15, -0.1) is 0 Å². The third kappa shape index (κ3) is 3.67. The van der Waals surface area contributed by atoms with E-state index in [4.69, 9.17) is 4.42 Å². The van der Waals surface area contributed by atoms with Crippen molar-refractivity contribution in [2.75, 3.05) is 6.54 Å². The van der Waals surface area contributed by atoms with Gasteiger partial charge in [-0.05, 0) is 37.7 Å². The fourth-order valence-electron chi connectivity index (χ4n) is 3.26. The number of amides is 1. The lowest BCUT2D eigenvalue weighted by Gasteiger charge is -2.34. The first kappa shape index (κ1) is 14.6. The van der Waals surface area contributed by atoms with Gasteiger partial charge in [0, 0.05) is 31.0 Å². The quantitative estimate of drug-likeness (QED) is 0.876. The topological polar surface area (TPSA) is 54.3 Å². The Morgan fingerprint density at radius 2 is 2.19 bits per heavy atom. The Morgan fingerprint density at radius 1 is 1.43 bits per heavy atom. The van der Waals surface area contributed by atoms with Crippen LogP contribution in [0.5, 0.6) is 0 Å². The first-order valence-corrected chi connectivity index (χ1v) is 8.05. The third-order valence-electron chi connectivity index (χ3n) is 4.43. The first-order chi connectivity index (χ1) is 9.93. The predicted molar refractivity (Wildman–Crippen MR) is 82.1 cm³/mol. The van der Waals surface area contributed by atoms with Gasteiger partial charge in [-0.3, -0.25) is 4.79 Å². The fourth-order valence-corrected chi connectivity index (χ4v) is 3.26. The Morgan fingerprint density at radius 3 is 2.90 bits per heavy atom. The second-order valence-electron chi connectivity index (χ2n) is 7.38.